The number of hydrogen-bond donors (Lipinski definition) is 2. The van der Waals surface area contributed by atoms with Gasteiger partial charge in [-0.1, -0.05) is 24.3 Å². The van der Waals surface area contributed by atoms with Crippen molar-refractivity contribution in [2.45, 2.75) is 65.3 Å². The van der Waals surface area contributed by atoms with Crippen molar-refractivity contribution in [3.63, 3.8) is 0 Å². The highest BCUT2D eigenvalue weighted by Gasteiger charge is 2.42. The number of likely N-dealkylation sites (tertiary alicyclic amines) is 1. The third-order valence-electron chi connectivity index (χ3n) is 7.22. The van der Waals surface area contributed by atoms with Crippen LogP contribution >= 0.6 is 0 Å². The van der Waals surface area contributed by atoms with E-state index in [1.165, 1.54) is 0 Å². The van der Waals surface area contributed by atoms with E-state index in [0.29, 0.717) is 32.7 Å². The van der Waals surface area contributed by atoms with Gasteiger partial charge in [0.05, 0.1) is 12.7 Å². The second-order valence-electron chi connectivity index (χ2n) is 10.1. The number of hydrogen-bond acceptors (Lipinski definition) is 6. The van der Waals surface area contributed by atoms with Gasteiger partial charge in [-0.15, -0.1) is 0 Å². The summed E-state index contributed by atoms with van der Waals surface area (Å²) < 4.78 is 14.2. The predicted molar refractivity (Wildman–Crippen MR) is 141 cm³/mol. The Labute approximate surface area is 214 Å². The van der Waals surface area contributed by atoms with Gasteiger partial charge in [-0.2, -0.15) is 0 Å². The van der Waals surface area contributed by atoms with Crippen molar-refractivity contribution in [3.05, 3.63) is 76.9 Å². The maximum atomic E-state index is 11.3. The van der Waals surface area contributed by atoms with Gasteiger partial charge in [0.1, 0.15) is 29.5 Å². The van der Waals surface area contributed by atoms with Crippen LogP contribution in [0.3, 0.4) is 0 Å². The Morgan fingerprint density at radius 2 is 1.89 bits per heavy atom. The molecule has 7 heteroatoms. The van der Waals surface area contributed by atoms with Crippen LogP contribution < -0.4 is 9.47 Å². The number of imidazole rings is 1. The van der Waals surface area contributed by atoms with Gasteiger partial charge in [0.2, 0.25) is 0 Å². The first kappa shape index (κ1) is 26.2. The Morgan fingerprint density at radius 3 is 2.67 bits per heavy atom. The SMILES string of the molecule is Cc1ccc(C)c(OC[C@@]2(O)CN(Cc3cccc(OCCCn4ccnc4C)c3)CC[C@@H]2O)c1C. The molecule has 0 aliphatic carbocycles. The summed E-state index contributed by atoms with van der Waals surface area (Å²) in [6.07, 6.45) is 4.37. The Bertz CT molecular complexity index is 1160. The molecular weight excluding hydrogens is 454 g/mol. The molecule has 2 atom stereocenters. The molecule has 0 spiro atoms. The molecule has 1 aromatic heterocycles. The third-order valence-corrected chi connectivity index (χ3v) is 7.22. The molecule has 1 fully saturated rings. The van der Waals surface area contributed by atoms with Crippen LogP contribution in [0.2, 0.25) is 0 Å². The third kappa shape index (κ3) is 6.27. The van der Waals surface area contributed by atoms with Crippen LogP contribution in [0.5, 0.6) is 11.5 Å². The van der Waals surface area contributed by atoms with E-state index < -0.39 is 11.7 Å². The maximum Gasteiger partial charge on any atom is 0.137 e. The van der Waals surface area contributed by atoms with Gasteiger partial charge in [0, 0.05) is 38.6 Å². The lowest BCUT2D eigenvalue weighted by Gasteiger charge is -2.42. The quantitative estimate of drug-likeness (QED) is 0.416. The smallest absolute Gasteiger partial charge is 0.137 e. The molecule has 0 unspecified atom stereocenters. The topological polar surface area (TPSA) is 80.0 Å². The first-order chi connectivity index (χ1) is 17.2. The standard InChI is InChI=1S/C29H39N3O4/c1-21-9-10-22(2)28(23(21)3)36-20-29(34)19-31(14-11-27(29)33)18-25-7-5-8-26(17-25)35-16-6-13-32-15-12-30-24(32)4/h5,7-10,12,15,17,27,33-34H,6,11,13-14,16,18-20H2,1-4H3/t27-,29-/m0/s1. The summed E-state index contributed by atoms with van der Waals surface area (Å²) in [4.78, 5) is 6.42. The first-order valence-electron chi connectivity index (χ1n) is 12.8. The number of ether oxygens (including phenoxy) is 2. The van der Waals surface area contributed by atoms with Crippen molar-refractivity contribution in [2.24, 2.45) is 0 Å². The van der Waals surface area contributed by atoms with Crippen molar-refractivity contribution < 1.29 is 19.7 Å². The minimum absolute atomic E-state index is 0.0509. The number of aliphatic hydroxyl groups is 2. The number of rotatable bonds is 10. The molecule has 0 bridgehead atoms. The Kier molecular flexibility index (Phi) is 8.34. The molecular formula is C29H39N3O4. The summed E-state index contributed by atoms with van der Waals surface area (Å²) in [5, 5.41) is 22.0. The second-order valence-corrected chi connectivity index (χ2v) is 10.1. The Hall–Kier alpha value is -2.87. The average molecular weight is 494 g/mol. The highest BCUT2D eigenvalue weighted by atomic mass is 16.5. The molecule has 2 N–H and O–H groups in total. The lowest BCUT2D eigenvalue weighted by Crippen LogP contribution is -2.59. The zero-order valence-corrected chi connectivity index (χ0v) is 21.9. The van der Waals surface area contributed by atoms with E-state index in [0.717, 1.165) is 52.5 Å². The number of aliphatic hydroxyl groups excluding tert-OH is 1. The molecule has 2 heterocycles. The molecule has 194 valence electrons. The van der Waals surface area contributed by atoms with Crippen molar-refractivity contribution >= 4 is 0 Å². The van der Waals surface area contributed by atoms with Crippen molar-refractivity contribution in [3.8, 4) is 11.5 Å². The lowest BCUT2D eigenvalue weighted by atomic mass is 9.90. The van der Waals surface area contributed by atoms with Gasteiger partial charge < -0.3 is 24.3 Å². The van der Waals surface area contributed by atoms with Gasteiger partial charge in [0.15, 0.2) is 0 Å². The molecule has 0 amide bonds. The van der Waals surface area contributed by atoms with Crippen molar-refractivity contribution in [1.82, 2.24) is 14.5 Å². The number of benzene rings is 2. The zero-order valence-electron chi connectivity index (χ0n) is 21.9. The molecule has 7 nitrogen and oxygen atoms in total. The normalized spacial score (nSPS) is 20.4. The van der Waals surface area contributed by atoms with E-state index in [4.69, 9.17) is 9.47 Å². The van der Waals surface area contributed by atoms with Gasteiger partial charge in [0.25, 0.3) is 0 Å². The molecule has 4 rings (SSSR count). The maximum absolute atomic E-state index is 11.3. The van der Waals surface area contributed by atoms with Crippen molar-refractivity contribution in [2.75, 3.05) is 26.3 Å². The molecule has 0 radical (unpaired) electrons. The number of piperidine rings is 1. The van der Waals surface area contributed by atoms with E-state index in [9.17, 15) is 10.2 Å². The van der Waals surface area contributed by atoms with Gasteiger partial charge in [-0.05, 0) is 74.9 Å². The van der Waals surface area contributed by atoms with Crippen LogP contribution in [0.15, 0.2) is 48.8 Å². The molecule has 3 aromatic rings. The van der Waals surface area contributed by atoms with Crippen LogP contribution in [0.25, 0.3) is 0 Å². The Morgan fingerprint density at radius 1 is 1.08 bits per heavy atom. The first-order valence-corrected chi connectivity index (χ1v) is 12.8. The number of aromatic nitrogens is 2. The second kappa shape index (κ2) is 11.5. The van der Waals surface area contributed by atoms with E-state index in [2.05, 4.69) is 32.7 Å². The average Bonchev–Trinajstić information content (AvgIpc) is 3.26. The van der Waals surface area contributed by atoms with Gasteiger partial charge in [-0.3, -0.25) is 4.90 Å². The molecule has 2 aromatic carbocycles. The van der Waals surface area contributed by atoms with Gasteiger partial charge in [-0.25, -0.2) is 4.98 Å². The zero-order chi connectivity index (χ0) is 25.7. The summed E-state index contributed by atoms with van der Waals surface area (Å²) in [5.74, 6) is 2.65. The predicted octanol–water partition coefficient (Wildman–Crippen LogP) is 3.96. The lowest BCUT2D eigenvalue weighted by molar-refractivity contribution is -0.140. The fourth-order valence-electron chi connectivity index (χ4n) is 4.82. The van der Waals surface area contributed by atoms with Crippen LogP contribution in [0.1, 0.15) is 40.9 Å². The summed E-state index contributed by atoms with van der Waals surface area (Å²) in [5.41, 5.74) is 3.02. The molecule has 1 aliphatic heterocycles. The number of aryl methyl sites for hydroxylation is 4. The van der Waals surface area contributed by atoms with Crippen LogP contribution in [-0.2, 0) is 13.1 Å². The fraction of sp³-hybridized carbons (Fsp3) is 0.483. The number of β-amino-alcohol motifs (C(OH)–C–C–N with tert-alkyl or cyclic N) is 1. The van der Waals surface area contributed by atoms with E-state index in [-0.39, 0.29) is 6.61 Å². The minimum atomic E-state index is -1.33. The summed E-state index contributed by atoms with van der Waals surface area (Å²) in [6.45, 7) is 11.4. The monoisotopic (exact) mass is 493 g/mol. The fourth-order valence-corrected chi connectivity index (χ4v) is 4.82. The van der Waals surface area contributed by atoms with E-state index in [1.807, 2.05) is 58.3 Å². The van der Waals surface area contributed by atoms with Crippen LogP contribution in [-0.4, -0.2) is 62.7 Å². The highest BCUT2D eigenvalue weighted by Crippen LogP contribution is 2.29. The molecule has 0 saturated carbocycles. The van der Waals surface area contributed by atoms with Crippen LogP contribution in [0, 0.1) is 27.7 Å². The van der Waals surface area contributed by atoms with Crippen molar-refractivity contribution in [1.29, 1.82) is 0 Å². The molecule has 36 heavy (non-hydrogen) atoms. The number of nitrogens with zero attached hydrogens (tertiary/aromatic N) is 3. The van der Waals surface area contributed by atoms with Gasteiger partial charge >= 0.3 is 0 Å². The molecule has 1 aliphatic rings. The summed E-state index contributed by atoms with van der Waals surface area (Å²) in [6, 6.07) is 12.2. The largest absolute Gasteiger partial charge is 0.494 e. The Balaban J connectivity index is 1.32. The summed E-state index contributed by atoms with van der Waals surface area (Å²) >= 11 is 0. The molecule has 1 saturated heterocycles. The van der Waals surface area contributed by atoms with Crippen LogP contribution in [0.4, 0.5) is 0 Å². The van der Waals surface area contributed by atoms with E-state index >= 15 is 0 Å². The highest BCUT2D eigenvalue weighted by molar-refractivity contribution is 5.44. The van der Waals surface area contributed by atoms with E-state index in [1.54, 1.807) is 0 Å². The minimum Gasteiger partial charge on any atom is -0.494 e. The summed E-state index contributed by atoms with van der Waals surface area (Å²) in [7, 11) is 0.